The lowest BCUT2D eigenvalue weighted by Gasteiger charge is -2.03. The first-order valence-electron chi connectivity index (χ1n) is 4.96. The van der Waals surface area contributed by atoms with Crippen LogP contribution in [-0.4, -0.2) is 22.4 Å². The number of rotatable bonds is 1. The van der Waals surface area contributed by atoms with E-state index < -0.39 is 12.2 Å². The summed E-state index contributed by atoms with van der Waals surface area (Å²) in [4.78, 5) is 0. The van der Waals surface area contributed by atoms with Crippen LogP contribution in [0.4, 0.5) is 0 Å². The molecule has 0 saturated carbocycles. The van der Waals surface area contributed by atoms with Gasteiger partial charge in [0.2, 0.25) is 0 Å². The number of allylic oxidation sites excluding steroid dienone is 3. The Morgan fingerprint density at radius 1 is 0.733 bits per heavy atom. The second-order valence-corrected chi connectivity index (χ2v) is 2.71. The fourth-order valence-electron chi connectivity index (χ4n) is 0. The molecule has 2 N–H and O–H groups in total. The van der Waals surface area contributed by atoms with Crippen molar-refractivity contribution in [1.82, 2.24) is 0 Å². The Labute approximate surface area is 95.7 Å². The number of aliphatic hydroxyl groups is 2. The summed E-state index contributed by atoms with van der Waals surface area (Å²) in [5, 5.41) is 16.8. The highest BCUT2D eigenvalue weighted by Gasteiger charge is 1.99. The summed E-state index contributed by atoms with van der Waals surface area (Å²) < 4.78 is 0. The predicted octanol–water partition coefficient (Wildman–Crippen LogP) is 3.32. The van der Waals surface area contributed by atoms with Gasteiger partial charge in [0, 0.05) is 0 Å². The molecule has 15 heavy (non-hydrogen) atoms. The van der Waals surface area contributed by atoms with E-state index in [0.29, 0.717) is 0 Å². The molecular formula is C13H28O2. The minimum Gasteiger partial charge on any atom is -0.391 e. The molecule has 0 radical (unpaired) electrons. The third-order valence-corrected chi connectivity index (χ3v) is 0.698. The Kier molecular flexibility index (Phi) is 46.3. The molecule has 2 atom stereocenters. The van der Waals surface area contributed by atoms with Crippen LogP contribution < -0.4 is 0 Å². The van der Waals surface area contributed by atoms with E-state index in [1.165, 1.54) is 0 Å². The molecule has 0 fully saturated rings. The second-order valence-electron chi connectivity index (χ2n) is 2.71. The van der Waals surface area contributed by atoms with E-state index in [0.717, 1.165) is 0 Å². The van der Waals surface area contributed by atoms with Gasteiger partial charge in [0.1, 0.15) is 0 Å². The Morgan fingerprint density at radius 2 is 0.800 bits per heavy atom. The van der Waals surface area contributed by atoms with Crippen molar-refractivity contribution in [2.75, 3.05) is 0 Å². The summed E-state index contributed by atoms with van der Waals surface area (Å²) in [6, 6.07) is 0. The first-order valence-corrected chi connectivity index (χ1v) is 4.96. The van der Waals surface area contributed by atoms with Gasteiger partial charge in [-0.2, -0.15) is 0 Å². The molecule has 0 aromatic heterocycles. The van der Waals surface area contributed by atoms with Gasteiger partial charge in [0.25, 0.3) is 0 Å². The van der Waals surface area contributed by atoms with Crippen molar-refractivity contribution in [1.29, 1.82) is 0 Å². The smallest absolute Gasteiger partial charge is 0.0768 e. The van der Waals surface area contributed by atoms with Gasteiger partial charge < -0.3 is 10.2 Å². The van der Waals surface area contributed by atoms with Crippen molar-refractivity contribution in [2.24, 2.45) is 0 Å². The van der Waals surface area contributed by atoms with Gasteiger partial charge in [-0.25, -0.2) is 0 Å². The molecule has 0 rings (SSSR count). The molecule has 2 nitrogen and oxygen atoms in total. The van der Waals surface area contributed by atoms with Crippen LogP contribution in [0.25, 0.3) is 0 Å². The van der Waals surface area contributed by atoms with E-state index in [4.69, 9.17) is 10.2 Å². The highest BCUT2D eigenvalue weighted by Crippen LogP contribution is 1.85. The molecule has 2 heteroatoms. The Morgan fingerprint density at radius 3 is 0.800 bits per heavy atom. The fraction of sp³-hybridized carbons (Fsp3) is 0.538. The highest BCUT2D eigenvalue weighted by atomic mass is 16.3. The van der Waals surface area contributed by atoms with Crippen LogP contribution in [0.15, 0.2) is 38.0 Å². The Hall–Kier alpha value is -0.860. The largest absolute Gasteiger partial charge is 0.391 e. The zero-order chi connectivity index (χ0) is 13.3. The number of hydrogen-bond donors (Lipinski definition) is 2. The molecule has 0 bridgehead atoms. The lowest BCUT2D eigenvalue weighted by Crippen LogP contribution is -2.17. The van der Waals surface area contributed by atoms with Crippen LogP contribution >= 0.6 is 0 Å². The summed E-state index contributed by atoms with van der Waals surface area (Å²) in [5.41, 5.74) is 0. The molecule has 0 aromatic rings. The minimum atomic E-state index is -0.593. The van der Waals surface area contributed by atoms with Crippen molar-refractivity contribution in [3.05, 3.63) is 38.0 Å². The van der Waals surface area contributed by atoms with Crippen molar-refractivity contribution in [3.63, 3.8) is 0 Å². The van der Waals surface area contributed by atoms with E-state index in [9.17, 15) is 0 Å². The van der Waals surface area contributed by atoms with Crippen LogP contribution in [0.5, 0.6) is 0 Å². The van der Waals surface area contributed by atoms with Crippen LogP contribution in [0.2, 0.25) is 0 Å². The summed E-state index contributed by atoms with van der Waals surface area (Å²) >= 11 is 0. The van der Waals surface area contributed by atoms with E-state index in [-0.39, 0.29) is 0 Å². The van der Waals surface area contributed by atoms with E-state index in [2.05, 4.69) is 19.7 Å². The average Bonchev–Trinajstić information content (AvgIpc) is 2.07. The summed E-state index contributed by atoms with van der Waals surface area (Å²) in [6.07, 6.45) is 4.06. The molecule has 92 valence electrons. The maximum atomic E-state index is 8.38. The highest BCUT2D eigenvalue weighted by molar-refractivity contribution is 4.52. The summed E-state index contributed by atoms with van der Waals surface area (Å²) in [6.45, 7) is 18.8. The Bertz CT molecular complexity index is 95.4. The number of aliphatic hydroxyl groups excluding tert-OH is 2. The minimum absolute atomic E-state index is 0.593. The quantitative estimate of drug-likeness (QED) is 0.660. The summed E-state index contributed by atoms with van der Waals surface area (Å²) in [5.74, 6) is 0. The van der Waals surface area contributed by atoms with Crippen molar-refractivity contribution in [2.45, 2.75) is 46.8 Å². The molecule has 0 amide bonds. The van der Waals surface area contributed by atoms with Gasteiger partial charge in [0.15, 0.2) is 0 Å². The van der Waals surface area contributed by atoms with Crippen LogP contribution in [0.1, 0.15) is 34.6 Å². The van der Waals surface area contributed by atoms with Crippen molar-refractivity contribution >= 4 is 0 Å². The topological polar surface area (TPSA) is 40.5 Å². The van der Waals surface area contributed by atoms with Crippen molar-refractivity contribution < 1.29 is 10.2 Å². The monoisotopic (exact) mass is 216 g/mol. The fourth-order valence-corrected chi connectivity index (χ4v) is 0. The van der Waals surface area contributed by atoms with Gasteiger partial charge in [-0.1, -0.05) is 18.2 Å². The molecule has 0 spiro atoms. The van der Waals surface area contributed by atoms with Crippen molar-refractivity contribution in [3.8, 4) is 0 Å². The van der Waals surface area contributed by atoms with Gasteiger partial charge in [-0.05, 0) is 34.6 Å². The maximum Gasteiger partial charge on any atom is 0.0768 e. The molecule has 2 unspecified atom stereocenters. The third kappa shape index (κ3) is 165. The second kappa shape index (κ2) is 29.2. The number of hydrogen-bond acceptors (Lipinski definition) is 2. The van der Waals surface area contributed by atoms with Gasteiger partial charge >= 0.3 is 0 Å². The molecule has 0 aliphatic carbocycles. The normalized spacial score (nSPS) is 10.6. The van der Waals surface area contributed by atoms with E-state index in [1.807, 2.05) is 20.8 Å². The van der Waals surface area contributed by atoms with Crippen LogP contribution in [0, 0.1) is 0 Å². The molecule has 0 heterocycles. The molecule has 0 aliphatic heterocycles. The predicted molar refractivity (Wildman–Crippen MR) is 71.0 cm³/mol. The maximum absolute atomic E-state index is 8.38. The molecule has 0 aliphatic rings. The zero-order valence-corrected chi connectivity index (χ0v) is 10.9. The average molecular weight is 216 g/mol. The zero-order valence-electron chi connectivity index (χ0n) is 10.9. The third-order valence-electron chi connectivity index (χ3n) is 0.698. The Balaban J connectivity index is -0.0000000581. The first-order chi connectivity index (χ1) is 6.89. The summed E-state index contributed by atoms with van der Waals surface area (Å²) in [7, 11) is 0. The van der Waals surface area contributed by atoms with Crippen LogP contribution in [0.3, 0.4) is 0 Å². The van der Waals surface area contributed by atoms with E-state index >= 15 is 0 Å². The molecule has 0 saturated heterocycles. The molecular weight excluding hydrogens is 188 g/mol. The van der Waals surface area contributed by atoms with Gasteiger partial charge in [-0.3, -0.25) is 0 Å². The SMILES string of the molecule is C=CC.C=CC.C=CC.CC(O)C(C)O. The first kappa shape index (κ1) is 23.7. The standard InChI is InChI=1S/C4H10O2.3C3H6/c1-3(5)4(2)6;3*1-3-2/h3-6H,1-2H3;3*3H,1H2,2H3. The lowest BCUT2D eigenvalue weighted by molar-refractivity contribution is 0.0438. The van der Waals surface area contributed by atoms with E-state index in [1.54, 1.807) is 32.1 Å². The van der Waals surface area contributed by atoms with Gasteiger partial charge in [-0.15, -0.1) is 19.7 Å². The van der Waals surface area contributed by atoms with Crippen LogP contribution in [-0.2, 0) is 0 Å². The van der Waals surface area contributed by atoms with Gasteiger partial charge in [0.05, 0.1) is 12.2 Å². The molecule has 0 aromatic carbocycles. The lowest BCUT2D eigenvalue weighted by atomic mass is 10.3.